The number of fused-ring (bicyclic) bond motifs is 3. The third-order valence-electron chi connectivity index (χ3n) is 4.66. The van der Waals surface area contributed by atoms with Gasteiger partial charge in [-0.2, -0.15) is 5.26 Å². The number of aromatic nitrogens is 3. The second-order valence-corrected chi connectivity index (χ2v) is 6.49. The van der Waals surface area contributed by atoms with Crippen molar-refractivity contribution in [1.82, 2.24) is 14.5 Å². The zero-order valence-electron chi connectivity index (χ0n) is 13.4. The predicted octanol–water partition coefficient (Wildman–Crippen LogP) is 3.93. The SMILES string of the molecule is C[C@@H]1C[C@H](n2c(CCl)nc3cnc4ccc(C#N)cc4c32)CCO1. The first-order chi connectivity index (χ1) is 11.7. The van der Waals surface area contributed by atoms with Gasteiger partial charge in [-0.15, -0.1) is 11.6 Å². The van der Waals surface area contributed by atoms with E-state index in [1.807, 2.05) is 12.1 Å². The Hall–Kier alpha value is -2.16. The molecule has 1 aromatic carbocycles. The molecule has 1 aliphatic rings. The van der Waals surface area contributed by atoms with Gasteiger partial charge in [0.05, 0.1) is 40.8 Å². The molecular formula is C18H17ClN4O. The van der Waals surface area contributed by atoms with Gasteiger partial charge in [-0.25, -0.2) is 4.98 Å². The van der Waals surface area contributed by atoms with E-state index < -0.39 is 0 Å². The molecule has 0 amide bonds. The molecule has 6 heteroatoms. The lowest BCUT2D eigenvalue weighted by Crippen LogP contribution is -2.26. The summed E-state index contributed by atoms with van der Waals surface area (Å²) in [5.74, 6) is 1.20. The number of ether oxygens (including phenoxy) is 1. The molecule has 1 saturated heterocycles. The average molecular weight is 341 g/mol. The first-order valence-electron chi connectivity index (χ1n) is 8.08. The van der Waals surface area contributed by atoms with Crippen molar-refractivity contribution in [2.75, 3.05) is 6.61 Å². The third kappa shape index (κ3) is 2.43. The first kappa shape index (κ1) is 15.4. The van der Waals surface area contributed by atoms with Crippen molar-refractivity contribution in [3.05, 3.63) is 35.8 Å². The highest BCUT2D eigenvalue weighted by Gasteiger charge is 2.26. The number of benzene rings is 1. The summed E-state index contributed by atoms with van der Waals surface area (Å²) in [5.41, 5.74) is 3.33. The van der Waals surface area contributed by atoms with Crippen LogP contribution in [0.25, 0.3) is 21.9 Å². The maximum Gasteiger partial charge on any atom is 0.125 e. The second-order valence-electron chi connectivity index (χ2n) is 6.23. The number of nitrogens with zero attached hydrogens (tertiary/aromatic N) is 4. The van der Waals surface area contributed by atoms with Crippen LogP contribution in [0.2, 0.25) is 0 Å². The van der Waals surface area contributed by atoms with Crippen LogP contribution >= 0.6 is 11.6 Å². The van der Waals surface area contributed by atoms with E-state index in [9.17, 15) is 5.26 Å². The highest BCUT2D eigenvalue weighted by Crippen LogP contribution is 2.34. The minimum atomic E-state index is 0.215. The van der Waals surface area contributed by atoms with Crippen LogP contribution in [0.5, 0.6) is 0 Å². The molecule has 0 spiro atoms. The maximum atomic E-state index is 9.24. The van der Waals surface area contributed by atoms with E-state index in [1.165, 1.54) is 0 Å². The predicted molar refractivity (Wildman–Crippen MR) is 93.0 cm³/mol. The Bertz CT molecular complexity index is 959. The van der Waals surface area contributed by atoms with Crippen LogP contribution in [-0.4, -0.2) is 27.2 Å². The van der Waals surface area contributed by atoms with Crippen LogP contribution in [0, 0.1) is 11.3 Å². The maximum absolute atomic E-state index is 9.24. The molecule has 122 valence electrons. The van der Waals surface area contributed by atoms with Crippen molar-refractivity contribution in [2.24, 2.45) is 0 Å². The summed E-state index contributed by atoms with van der Waals surface area (Å²) in [6.45, 7) is 2.83. The van der Waals surface area contributed by atoms with E-state index in [0.29, 0.717) is 17.5 Å². The van der Waals surface area contributed by atoms with Crippen molar-refractivity contribution in [1.29, 1.82) is 5.26 Å². The van der Waals surface area contributed by atoms with Gasteiger partial charge in [0, 0.05) is 18.0 Å². The van der Waals surface area contributed by atoms with Crippen LogP contribution < -0.4 is 0 Å². The number of pyridine rings is 1. The minimum Gasteiger partial charge on any atom is -0.378 e. The molecule has 2 atom stereocenters. The Balaban J connectivity index is 2.02. The molecule has 0 radical (unpaired) electrons. The summed E-state index contributed by atoms with van der Waals surface area (Å²) in [6.07, 6.45) is 3.87. The molecule has 1 fully saturated rings. The number of rotatable bonds is 2. The Labute approximate surface area is 144 Å². The van der Waals surface area contributed by atoms with Gasteiger partial charge >= 0.3 is 0 Å². The summed E-state index contributed by atoms with van der Waals surface area (Å²) >= 11 is 6.18. The van der Waals surface area contributed by atoms with E-state index >= 15 is 0 Å². The first-order valence-corrected chi connectivity index (χ1v) is 8.62. The van der Waals surface area contributed by atoms with Crippen LogP contribution in [0.4, 0.5) is 0 Å². The monoisotopic (exact) mass is 340 g/mol. The van der Waals surface area contributed by atoms with Gasteiger partial charge < -0.3 is 9.30 Å². The molecule has 24 heavy (non-hydrogen) atoms. The Morgan fingerprint density at radius 3 is 3.04 bits per heavy atom. The highest BCUT2D eigenvalue weighted by atomic mass is 35.5. The van der Waals surface area contributed by atoms with Crippen LogP contribution in [-0.2, 0) is 10.6 Å². The largest absolute Gasteiger partial charge is 0.378 e. The summed E-state index contributed by atoms with van der Waals surface area (Å²) in [6, 6.07) is 8.07. The molecule has 1 aliphatic heterocycles. The molecule has 3 heterocycles. The van der Waals surface area contributed by atoms with Crippen molar-refractivity contribution < 1.29 is 4.74 Å². The van der Waals surface area contributed by atoms with E-state index in [4.69, 9.17) is 16.3 Å². The van der Waals surface area contributed by atoms with Crippen LogP contribution in [0.1, 0.15) is 37.2 Å². The lowest BCUT2D eigenvalue weighted by atomic mass is 10.0. The van der Waals surface area contributed by atoms with E-state index in [0.717, 1.165) is 47.2 Å². The van der Waals surface area contributed by atoms with Crippen LogP contribution in [0.15, 0.2) is 24.4 Å². The summed E-state index contributed by atoms with van der Waals surface area (Å²) in [5, 5.41) is 10.2. The minimum absolute atomic E-state index is 0.215. The van der Waals surface area contributed by atoms with E-state index in [-0.39, 0.29) is 6.10 Å². The second kappa shape index (κ2) is 6.04. The normalized spacial score (nSPS) is 21.2. The van der Waals surface area contributed by atoms with Gasteiger partial charge in [-0.05, 0) is 38.0 Å². The molecule has 0 bridgehead atoms. The average Bonchev–Trinajstić information content (AvgIpc) is 3.00. The van der Waals surface area contributed by atoms with Gasteiger partial charge in [0.25, 0.3) is 0 Å². The van der Waals surface area contributed by atoms with Gasteiger partial charge in [0.15, 0.2) is 0 Å². The number of imidazole rings is 1. The molecular weight excluding hydrogens is 324 g/mol. The molecule has 0 unspecified atom stereocenters. The molecule has 4 rings (SSSR count). The number of halogens is 1. The fourth-order valence-electron chi connectivity index (χ4n) is 3.59. The smallest absolute Gasteiger partial charge is 0.125 e. The molecule has 3 aromatic rings. The zero-order chi connectivity index (χ0) is 16.7. The summed E-state index contributed by atoms with van der Waals surface area (Å²) in [7, 11) is 0. The van der Waals surface area contributed by atoms with Gasteiger partial charge in [-0.3, -0.25) is 4.98 Å². The number of nitriles is 1. The van der Waals surface area contributed by atoms with Crippen molar-refractivity contribution >= 4 is 33.5 Å². The zero-order valence-corrected chi connectivity index (χ0v) is 14.1. The van der Waals surface area contributed by atoms with Crippen molar-refractivity contribution in [3.8, 4) is 6.07 Å². The van der Waals surface area contributed by atoms with Crippen molar-refractivity contribution in [2.45, 2.75) is 37.8 Å². The number of hydrogen-bond acceptors (Lipinski definition) is 4. The molecule has 0 saturated carbocycles. The molecule has 5 nitrogen and oxygen atoms in total. The quantitative estimate of drug-likeness (QED) is 0.663. The highest BCUT2D eigenvalue weighted by molar-refractivity contribution is 6.17. The fraction of sp³-hybridized carbons (Fsp3) is 0.389. The summed E-state index contributed by atoms with van der Waals surface area (Å²) < 4.78 is 7.94. The lowest BCUT2D eigenvalue weighted by Gasteiger charge is -2.30. The molecule has 0 aliphatic carbocycles. The number of hydrogen-bond donors (Lipinski definition) is 0. The molecule has 0 N–H and O–H groups in total. The standard InChI is InChI=1S/C18H17ClN4O/c1-11-6-13(4-5-24-11)23-17(8-19)22-16-10-21-15-3-2-12(9-20)7-14(15)18(16)23/h2-3,7,10-11,13H,4-6,8H2,1H3/t11-,13-/m1/s1. The van der Waals surface area contributed by atoms with Crippen molar-refractivity contribution in [3.63, 3.8) is 0 Å². The lowest BCUT2D eigenvalue weighted by molar-refractivity contribution is 0.00636. The van der Waals surface area contributed by atoms with E-state index in [1.54, 1.807) is 12.3 Å². The molecule has 2 aromatic heterocycles. The Kier molecular flexibility index (Phi) is 3.87. The third-order valence-corrected chi connectivity index (χ3v) is 4.90. The van der Waals surface area contributed by atoms with Gasteiger partial charge in [0.1, 0.15) is 11.3 Å². The topological polar surface area (TPSA) is 63.7 Å². The Morgan fingerprint density at radius 1 is 1.42 bits per heavy atom. The summed E-state index contributed by atoms with van der Waals surface area (Å²) in [4.78, 5) is 9.16. The van der Waals surface area contributed by atoms with Gasteiger partial charge in [0.2, 0.25) is 0 Å². The van der Waals surface area contributed by atoms with E-state index in [2.05, 4.69) is 27.5 Å². The fourth-order valence-corrected chi connectivity index (χ4v) is 3.78. The Morgan fingerprint density at radius 2 is 2.29 bits per heavy atom. The van der Waals surface area contributed by atoms with Crippen LogP contribution in [0.3, 0.4) is 0 Å². The van der Waals surface area contributed by atoms with Gasteiger partial charge in [-0.1, -0.05) is 0 Å². The number of alkyl halides is 1.